The molecule has 1 aromatic heterocycles. The summed E-state index contributed by atoms with van der Waals surface area (Å²) in [5.41, 5.74) is 3.16. The molecule has 0 saturated carbocycles. The summed E-state index contributed by atoms with van der Waals surface area (Å²) in [7, 11) is 0. The highest BCUT2D eigenvalue weighted by Crippen LogP contribution is 2.13. The lowest BCUT2D eigenvalue weighted by atomic mass is 10.1. The van der Waals surface area contributed by atoms with Crippen LogP contribution < -0.4 is 10.1 Å². The van der Waals surface area contributed by atoms with Gasteiger partial charge in [0.2, 0.25) is 11.8 Å². The molecule has 0 aliphatic carbocycles. The molecule has 4 nitrogen and oxygen atoms in total. The highest BCUT2D eigenvalue weighted by Gasteiger charge is 2.03. The van der Waals surface area contributed by atoms with Crippen LogP contribution in [0.2, 0.25) is 0 Å². The fraction of sp³-hybridized carbons (Fsp3) is 0.375. The van der Waals surface area contributed by atoms with Crippen LogP contribution in [-0.4, -0.2) is 16.6 Å². The minimum absolute atomic E-state index is 0.535. The van der Waals surface area contributed by atoms with Crippen molar-refractivity contribution in [3.8, 4) is 5.88 Å². The van der Waals surface area contributed by atoms with Gasteiger partial charge in [0.05, 0.1) is 6.61 Å². The molecule has 0 amide bonds. The zero-order valence-electron chi connectivity index (χ0n) is 12.4. The molecule has 0 aliphatic rings. The number of hydrogen-bond acceptors (Lipinski definition) is 4. The molecule has 0 radical (unpaired) electrons. The summed E-state index contributed by atoms with van der Waals surface area (Å²) >= 11 is 5.78. The van der Waals surface area contributed by atoms with E-state index in [1.54, 1.807) is 0 Å². The molecular weight excluding hydrogens is 286 g/mol. The van der Waals surface area contributed by atoms with Crippen molar-refractivity contribution in [2.45, 2.75) is 32.7 Å². The number of anilines is 1. The number of benzene rings is 1. The van der Waals surface area contributed by atoms with Gasteiger partial charge >= 0.3 is 0 Å². The molecule has 0 bridgehead atoms. The van der Waals surface area contributed by atoms with Crippen LogP contribution in [0.5, 0.6) is 5.88 Å². The van der Waals surface area contributed by atoms with Crippen molar-refractivity contribution in [2.75, 3.05) is 11.9 Å². The second-order valence-electron chi connectivity index (χ2n) is 4.82. The van der Waals surface area contributed by atoms with E-state index in [2.05, 4.69) is 34.3 Å². The topological polar surface area (TPSA) is 47.0 Å². The van der Waals surface area contributed by atoms with Crippen molar-refractivity contribution < 1.29 is 4.74 Å². The van der Waals surface area contributed by atoms with Gasteiger partial charge in [-0.15, -0.1) is 11.6 Å². The number of nitrogens with zero attached hydrogens (tertiary/aromatic N) is 2. The molecule has 0 unspecified atom stereocenters. The number of nitrogens with one attached hydrogen (secondary N) is 1. The van der Waals surface area contributed by atoms with Crippen molar-refractivity contribution in [3.05, 3.63) is 47.2 Å². The third-order valence-corrected chi connectivity index (χ3v) is 3.22. The van der Waals surface area contributed by atoms with Gasteiger partial charge in [-0.3, -0.25) is 0 Å². The average molecular weight is 306 g/mol. The fourth-order valence-corrected chi connectivity index (χ4v) is 2.00. The number of aromatic nitrogens is 2. The first kappa shape index (κ1) is 15.6. The summed E-state index contributed by atoms with van der Waals surface area (Å²) in [4.78, 5) is 8.72. The molecule has 0 spiro atoms. The summed E-state index contributed by atoms with van der Waals surface area (Å²) in [6.45, 7) is 5.33. The van der Waals surface area contributed by atoms with Crippen LogP contribution in [0.3, 0.4) is 0 Å². The molecule has 112 valence electrons. The Balaban J connectivity index is 1.99. The van der Waals surface area contributed by atoms with Crippen LogP contribution in [0.15, 0.2) is 30.3 Å². The number of alkyl halides is 1. The Hall–Kier alpha value is -1.81. The summed E-state index contributed by atoms with van der Waals surface area (Å²) in [6, 6.07) is 9.99. The van der Waals surface area contributed by atoms with Crippen molar-refractivity contribution >= 4 is 17.5 Å². The zero-order valence-corrected chi connectivity index (χ0v) is 13.2. The van der Waals surface area contributed by atoms with E-state index in [0.717, 1.165) is 23.2 Å². The number of rotatable bonds is 7. The standard InChI is InChI=1S/C16H20ClN3O/c1-3-8-21-15-9-12(2)19-16(20-15)18-11-14-6-4-13(10-17)5-7-14/h4-7,9H,3,8,10-11H2,1-2H3,(H,18,19,20). The third kappa shape index (κ3) is 4.90. The smallest absolute Gasteiger partial charge is 0.226 e. The largest absolute Gasteiger partial charge is 0.478 e. The second-order valence-corrected chi connectivity index (χ2v) is 5.09. The fourth-order valence-electron chi connectivity index (χ4n) is 1.83. The number of hydrogen-bond donors (Lipinski definition) is 1. The van der Waals surface area contributed by atoms with E-state index in [4.69, 9.17) is 16.3 Å². The summed E-state index contributed by atoms with van der Waals surface area (Å²) < 4.78 is 5.55. The maximum atomic E-state index is 5.78. The van der Waals surface area contributed by atoms with E-state index < -0.39 is 0 Å². The zero-order chi connectivity index (χ0) is 15.1. The van der Waals surface area contributed by atoms with Crippen molar-refractivity contribution in [1.82, 2.24) is 9.97 Å². The van der Waals surface area contributed by atoms with Crippen LogP contribution in [0.4, 0.5) is 5.95 Å². The van der Waals surface area contributed by atoms with E-state index in [0.29, 0.717) is 30.9 Å². The first-order valence-electron chi connectivity index (χ1n) is 7.07. The lowest BCUT2D eigenvalue weighted by Crippen LogP contribution is -2.06. The van der Waals surface area contributed by atoms with Crippen LogP contribution in [0.1, 0.15) is 30.2 Å². The monoisotopic (exact) mass is 305 g/mol. The quantitative estimate of drug-likeness (QED) is 0.788. The summed E-state index contributed by atoms with van der Waals surface area (Å²) in [6.07, 6.45) is 0.957. The Labute approximate surface area is 130 Å². The summed E-state index contributed by atoms with van der Waals surface area (Å²) in [5.74, 6) is 1.74. The minimum Gasteiger partial charge on any atom is -0.478 e. The van der Waals surface area contributed by atoms with Gasteiger partial charge in [0.15, 0.2) is 0 Å². The predicted molar refractivity (Wildman–Crippen MR) is 85.9 cm³/mol. The SMILES string of the molecule is CCCOc1cc(C)nc(NCc2ccc(CCl)cc2)n1. The van der Waals surface area contributed by atoms with Gasteiger partial charge in [0.25, 0.3) is 0 Å². The third-order valence-electron chi connectivity index (χ3n) is 2.91. The number of aryl methyl sites for hydroxylation is 1. The molecule has 0 saturated heterocycles. The van der Waals surface area contributed by atoms with E-state index in [1.165, 1.54) is 0 Å². The van der Waals surface area contributed by atoms with Gasteiger partial charge in [0, 0.05) is 24.2 Å². The Morgan fingerprint density at radius 3 is 2.52 bits per heavy atom. The molecule has 5 heteroatoms. The highest BCUT2D eigenvalue weighted by atomic mass is 35.5. The predicted octanol–water partition coefficient (Wildman–Crippen LogP) is 3.92. The molecule has 21 heavy (non-hydrogen) atoms. The summed E-state index contributed by atoms with van der Waals surface area (Å²) in [5, 5.41) is 3.22. The molecular formula is C16H20ClN3O. The lowest BCUT2D eigenvalue weighted by Gasteiger charge is -2.09. The normalized spacial score (nSPS) is 10.4. The van der Waals surface area contributed by atoms with Gasteiger partial charge in [-0.05, 0) is 24.5 Å². The Bertz CT molecular complexity index is 572. The van der Waals surface area contributed by atoms with E-state index in [1.807, 2.05) is 25.1 Å². The second kappa shape index (κ2) is 7.84. The van der Waals surface area contributed by atoms with Gasteiger partial charge in [-0.25, -0.2) is 4.98 Å². The van der Waals surface area contributed by atoms with E-state index >= 15 is 0 Å². The van der Waals surface area contributed by atoms with Crippen molar-refractivity contribution in [1.29, 1.82) is 0 Å². The number of halogens is 1. The molecule has 1 N–H and O–H groups in total. The van der Waals surface area contributed by atoms with Gasteiger partial charge < -0.3 is 10.1 Å². The van der Waals surface area contributed by atoms with Crippen molar-refractivity contribution in [2.24, 2.45) is 0 Å². The lowest BCUT2D eigenvalue weighted by molar-refractivity contribution is 0.305. The molecule has 0 aliphatic heterocycles. The average Bonchev–Trinajstić information content (AvgIpc) is 2.51. The van der Waals surface area contributed by atoms with E-state index in [9.17, 15) is 0 Å². The first-order valence-corrected chi connectivity index (χ1v) is 7.61. The highest BCUT2D eigenvalue weighted by molar-refractivity contribution is 6.17. The molecule has 2 rings (SSSR count). The van der Waals surface area contributed by atoms with Gasteiger partial charge in [-0.1, -0.05) is 31.2 Å². The molecule has 2 aromatic rings. The van der Waals surface area contributed by atoms with Crippen LogP contribution in [0.25, 0.3) is 0 Å². The van der Waals surface area contributed by atoms with E-state index in [-0.39, 0.29) is 0 Å². The maximum absolute atomic E-state index is 5.78. The molecule has 1 heterocycles. The van der Waals surface area contributed by atoms with Gasteiger partial charge in [0.1, 0.15) is 0 Å². The molecule has 1 aromatic carbocycles. The van der Waals surface area contributed by atoms with Crippen LogP contribution in [0, 0.1) is 6.92 Å². The first-order chi connectivity index (χ1) is 10.2. The maximum Gasteiger partial charge on any atom is 0.226 e. The Kier molecular flexibility index (Phi) is 5.81. The molecule has 0 atom stereocenters. The van der Waals surface area contributed by atoms with Crippen LogP contribution >= 0.6 is 11.6 Å². The minimum atomic E-state index is 0.535. The Morgan fingerprint density at radius 1 is 1.14 bits per heavy atom. The number of ether oxygens (including phenoxy) is 1. The van der Waals surface area contributed by atoms with Crippen molar-refractivity contribution in [3.63, 3.8) is 0 Å². The molecule has 0 fully saturated rings. The Morgan fingerprint density at radius 2 is 1.86 bits per heavy atom. The van der Waals surface area contributed by atoms with Gasteiger partial charge in [-0.2, -0.15) is 4.98 Å². The van der Waals surface area contributed by atoms with Crippen LogP contribution in [-0.2, 0) is 12.4 Å².